The number of aromatic nitrogens is 7. The van der Waals surface area contributed by atoms with Crippen molar-refractivity contribution < 1.29 is 0 Å². The lowest BCUT2D eigenvalue weighted by atomic mass is 10.3. The first-order valence-electron chi connectivity index (χ1n) is 8.78. The molecule has 0 saturated carbocycles. The van der Waals surface area contributed by atoms with E-state index in [-0.39, 0.29) is 5.56 Å². The van der Waals surface area contributed by atoms with Crippen molar-refractivity contribution in [2.75, 3.05) is 17.6 Å². The Morgan fingerprint density at radius 1 is 1.07 bits per heavy atom. The van der Waals surface area contributed by atoms with Crippen LogP contribution in [-0.2, 0) is 5.88 Å². The topological polar surface area (TPSA) is 103 Å². The number of hydrogen-bond donors (Lipinski definition) is 1. The van der Waals surface area contributed by atoms with Crippen LogP contribution >= 0.6 is 11.8 Å². The lowest BCUT2D eigenvalue weighted by Crippen LogP contribution is -2.23. The molecule has 0 bridgehead atoms. The molecular weight excluding hydrogens is 376 g/mol. The van der Waals surface area contributed by atoms with E-state index in [1.54, 1.807) is 41.1 Å². The lowest BCUT2D eigenvalue weighted by molar-refractivity contribution is 0.640. The molecule has 1 N–H and O–H groups in total. The highest BCUT2D eigenvalue weighted by Crippen LogP contribution is 2.13. The van der Waals surface area contributed by atoms with Gasteiger partial charge in [-0.05, 0) is 30.4 Å². The van der Waals surface area contributed by atoms with Crippen LogP contribution in [0.3, 0.4) is 0 Å². The van der Waals surface area contributed by atoms with Crippen LogP contribution < -0.4 is 10.9 Å². The lowest BCUT2D eigenvalue weighted by Gasteiger charge is -2.06. The van der Waals surface area contributed by atoms with Gasteiger partial charge >= 0.3 is 0 Å². The number of rotatable bonds is 8. The summed E-state index contributed by atoms with van der Waals surface area (Å²) in [4.78, 5) is 20.9. The zero-order valence-corrected chi connectivity index (χ0v) is 15.8. The Hall–Kier alpha value is -3.27. The summed E-state index contributed by atoms with van der Waals surface area (Å²) >= 11 is 1.62. The Morgan fingerprint density at radius 3 is 2.71 bits per heavy atom. The monoisotopic (exact) mass is 394 g/mol. The second kappa shape index (κ2) is 8.61. The van der Waals surface area contributed by atoms with Crippen molar-refractivity contribution in [1.29, 1.82) is 0 Å². The number of benzene rings is 1. The third kappa shape index (κ3) is 4.01. The van der Waals surface area contributed by atoms with E-state index in [4.69, 9.17) is 0 Å². The molecule has 3 heterocycles. The molecule has 1 aromatic carbocycles. The van der Waals surface area contributed by atoms with Crippen LogP contribution in [0.5, 0.6) is 0 Å². The van der Waals surface area contributed by atoms with E-state index in [1.165, 1.54) is 4.68 Å². The standard InChI is InChI=1S/C18H18N8OS/c27-17-15-12-22-26(14-6-2-1-3-7-14)16(15)23-24-25(17)13-28-11-5-10-21-18-19-8-4-9-20-18/h1-4,6-9,12H,5,10-11,13H2,(H,19,20,21). The molecule has 4 rings (SSSR count). The summed E-state index contributed by atoms with van der Waals surface area (Å²) in [6.07, 6.45) is 5.86. The second-order valence-corrected chi connectivity index (χ2v) is 6.99. The van der Waals surface area contributed by atoms with E-state index in [9.17, 15) is 4.79 Å². The van der Waals surface area contributed by atoms with Gasteiger partial charge in [0.15, 0.2) is 5.65 Å². The summed E-state index contributed by atoms with van der Waals surface area (Å²) in [6.45, 7) is 0.764. The van der Waals surface area contributed by atoms with Gasteiger partial charge in [-0.25, -0.2) is 19.3 Å². The van der Waals surface area contributed by atoms with Crippen molar-refractivity contribution in [2.24, 2.45) is 0 Å². The Bertz CT molecular complexity index is 1100. The van der Waals surface area contributed by atoms with Crippen molar-refractivity contribution in [3.8, 4) is 5.69 Å². The molecule has 28 heavy (non-hydrogen) atoms. The van der Waals surface area contributed by atoms with Gasteiger partial charge < -0.3 is 5.32 Å². The minimum Gasteiger partial charge on any atom is -0.354 e. The second-order valence-electron chi connectivity index (χ2n) is 5.91. The fraction of sp³-hybridized carbons (Fsp3) is 0.222. The van der Waals surface area contributed by atoms with Gasteiger partial charge in [0.05, 0.1) is 17.8 Å². The van der Waals surface area contributed by atoms with Crippen molar-refractivity contribution in [2.45, 2.75) is 12.3 Å². The SMILES string of the molecule is O=c1c2cnn(-c3ccccc3)c2nnn1CSCCCNc1ncccn1. The van der Waals surface area contributed by atoms with Crippen LogP contribution in [0, 0.1) is 0 Å². The molecule has 0 radical (unpaired) electrons. The van der Waals surface area contributed by atoms with E-state index in [0.717, 1.165) is 24.4 Å². The van der Waals surface area contributed by atoms with Crippen LogP contribution in [0.2, 0.25) is 0 Å². The molecule has 4 aromatic rings. The number of nitrogens with one attached hydrogen (secondary N) is 1. The molecule has 0 unspecified atom stereocenters. The number of nitrogens with zero attached hydrogens (tertiary/aromatic N) is 7. The minimum atomic E-state index is -0.185. The minimum absolute atomic E-state index is 0.185. The van der Waals surface area contributed by atoms with Crippen molar-refractivity contribution in [3.63, 3.8) is 0 Å². The molecule has 3 aromatic heterocycles. The van der Waals surface area contributed by atoms with E-state index in [0.29, 0.717) is 22.9 Å². The Kier molecular flexibility index (Phi) is 5.57. The predicted molar refractivity (Wildman–Crippen MR) is 109 cm³/mol. The largest absolute Gasteiger partial charge is 0.354 e. The number of hydrogen-bond acceptors (Lipinski definition) is 8. The van der Waals surface area contributed by atoms with Gasteiger partial charge in [0, 0.05) is 18.9 Å². The maximum absolute atomic E-state index is 12.6. The number of fused-ring (bicyclic) bond motifs is 1. The Morgan fingerprint density at radius 2 is 1.89 bits per heavy atom. The normalized spacial score (nSPS) is 11.0. The summed E-state index contributed by atoms with van der Waals surface area (Å²) < 4.78 is 3.00. The fourth-order valence-electron chi connectivity index (χ4n) is 2.62. The van der Waals surface area contributed by atoms with Gasteiger partial charge in [0.1, 0.15) is 5.39 Å². The molecule has 142 valence electrons. The van der Waals surface area contributed by atoms with Crippen LogP contribution in [0.25, 0.3) is 16.7 Å². The molecule has 0 fully saturated rings. The molecule has 0 amide bonds. The quantitative estimate of drug-likeness (QED) is 0.452. The summed E-state index contributed by atoms with van der Waals surface area (Å²) in [5.74, 6) is 1.94. The predicted octanol–water partition coefficient (Wildman–Crippen LogP) is 1.96. The van der Waals surface area contributed by atoms with E-state index >= 15 is 0 Å². The molecule has 9 nitrogen and oxygen atoms in total. The third-order valence-corrected chi connectivity index (χ3v) is 4.99. The van der Waals surface area contributed by atoms with E-state index in [1.807, 2.05) is 30.3 Å². The molecule has 0 aliphatic carbocycles. The van der Waals surface area contributed by atoms with Gasteiger partial charge in [0.25, 0.3) is 5.56 Å². The van der Waals surface area contributed by atoms with Crippen LogP contribution in [0.15, 0.2) is 59.8 Å². The van der Waals surface area contributed by atoms with Crippen LogP contribution in [0.1, 0.15) is 6.42 Å². The third-order valence-electron chi connectivity index (χ3n) is 3.98. The smallest absolute Gasteiger partial charge is 0.281 e. The summed E-state index contributed by atoms with van der Waals surface area (Å²) in [6, 6.07) is 11.3. The van der Waals surface area contributed by atoms with Gasteiger partial charge in [0.2, 0.25) is 5.95 Å². The first-order valence-corrected chi connectivity index (χ1v) is 9.94. The van der Waals surface area contributed by atoms with Gasteiger partial charge in [-0.2, -0.15) is 5.10 Å². The Labute approximate surface area is 164 Å². The maximum atomic E-state index is 12.6. The van der Waals surface area contributed by atoms with Crippen molar-refractivity contribution in [1.82, 2.24) is 34.7 Å². The molecular formula is C18H18N8OS. The molecule has 10 heteroatoms. The molecule has 0 saturated heterocycles. The van der Waals surface area contributed by atoms with Crippen LogP contribution in [-0.4, -0.2) is 47.0 Å². The highest BCUT2D eigenvalue weighted by Gasteiger charge is 2.12. The van der Waals surface area contributed by atoms with E-state index in [2.05, 4.69) is 30.7 Å². The maximum Gasteiger partial charge on any atom is 0.281 e. The fourth-order valence-corrected chi connectivity index (χ4v) is 3.44. The van der Waals surface area contributed by atoms with E-state index < -0.39 is 0 Å². The number of thioether (sulfide) groups is 1. The van der Waals surface area contributed by atoms with Gasteiger partial charge in [-0.3, -0.25) is 4.79 Å². The number of anilines is 1. The summed E-state index contributed by atoms with van der Waals surface area (Å²) in [5.41, 5.74) is 1.12. The zero-order valence-electron chi connectivity index (χ0n) is 15.0. The summed E-state index contributed by atoms with van der Waals surface area (Å²) in [5, 5.41) is 16.2. The molecule has 0 aliphatic heterocycles. The van der Waals surface area contributed by atoms with Crippen molar-refractivity contribution in [3.05, 3.63) is 65.3 Å². The molecule has 0 atom stereocenters. The van der Waals surface area contributed by atoms with Gasteiger partial charge in [-0.1, -0.05) is 23.4 Å². The van der Waals surface area contributed by atoms with Gasteiger partial charge in [-0.15, -0.1) is 16.9 Å². The average Bonchev–Trinajstić information content (AvgIpc) is 3.18. The average molecular weight is 394 g/mol. The Balaban J connectivity index is 1.35. The van der Waals surface area contributed by atoms with Crippen LogP contribution in [0.4, 0.5) is 5.95 Å². The number of para-hydroxylation sites is 1. The highest BCUT2D eigenvalue weighted by molar-refractivity contribution is 7.98. The molecule has 0 spiro atoms. The molecule has 0 aliphatic rings. The highest BCUT2D eigenvalue weighted by atomic mass is 32.2. The zero-order chi connectivity index (χ0) is 19.2. The van der Waals surface area contributed by atoms with Crippen molar-refractivity contribution >= 4 is 28.7 Å². The first kappa shape index (κ1) is 18.1. The first-order chi connectivity index (χ1) is 13.8. The summed E-state index contributed by atoms with van der Waals surface area (Å²) in [7, 11) is 0.